The molecule has 0 saturated carbocycles. The predicted octanol–water partition coefficient (Wildman–Crippen LogP) is 2.24. The average Bonchev–Trinajstić information content (AvgIpc) is 2.68. The number of benzene rings is 1. The van der Waals surface area contributed by atoms with E-state index in [1.165, 1.54) is 4.31 Å². The first-order valence-corrected chi connectivity index (χ1v) is 11.5. The third kappa shape index (κ3) is 5.69. The highest BCUT2D eigenvalue weighted by molar-refractivity contribution is 7.88. The van der Waals surface area contributed by atoms with E-state index in [-0.39, 0.29) is 36.0 Å². The molecule has 0 spiro atoms. The normalized spacial score (nSPS) is 25.0. The molecule has 2 fully saturated rings. The van der Waals surface area contributed by atoms with E-state index in [1.54, 1.807) is 0 Å². The van der Waals surface area contributed by atoms with Gasteiger partial charge in [-0.3, -0.25) is 4.79 Å². The van der Waals surface area contributed by atoms with Crippen molar-refractivity contribution in [3.05, 3.63) is 35.9 Å². The summed E-state index contributed by atoms with van der Waals surface area (Å²) in [5, 5.41) is 0. The van der Waals surface area contributed by atoms with Gasteiger partial charge in [0.05, 0.1) is 11.7 Å². The number of hydrogen-bond donors (Lipinski definition) is 1. The van der Waals surface area contributed by atoms with E-state index in [9.17, 15) is 13.2 Å². The van der Waals surface area contributed by atoms with Crippen LogP contribution in [0.5, 0.6) is 0 Å². The van der Waals surface area contributed by atoms with Crippen LogP contribution in [-0.2, 0) is 20.6 Å². The number of hydrogen-bond acceptors (Lipinski definition) is 4. The van der Waals surface area contributed by atoms with Crippen molar-refractivity contribution in [1.29, 1.82) is 0 Å². The second-order valence-electron chi connectivity index (χ2n) is 7.98. The molecule has 3 atom stereocenters. The summed E-state index contributed by atoms with van der Waals surface area (Å²) in [6.45, 7) is 4.25. The maximum absolute atomic E-state index is 13.0. The first-order valence-electron chi connectivity index (χ1n) is 9.93. The molecule has 3 rings (SSSR count). The zero-order valence-corrected chi connectivity index (χ0v) is 18.1. The lowest BCUT2D eigenvalue weighted by Gasteiger charge is -2.39. The molecule has 0 radical (unpaired) electrons. The maximum Gasteiger partial charge on any atom is 0.227 e. The standard InChI is InChI=1S/C20H31N3O3S.ClH/c1-16(21)18-9-5-11-22(13-18)20(24)19-10-6-12-23(14-19)27(25,26)15-17-7-3-2-4-8-17;/h2-4,7-8,16,18-19H,5-6,9-15,21H2,1H3;1H. The largest absolute Gasteiger partial charge is 0.342 e. The van der Waals surface area contributed by atoms with Gasteiger partial charge in [0.15, 0.2) is 0 Å². The van der Waals surface area contributed by atoms with Crippen LogP contribution >= 0.6 is 12.4 Å². The van der Waals surface area contributed by atoms with Gasteiger partial charge >= 0.3 is 0 Å². The molecule has 2 aliphatic rings. The lowest BCUT2D eigenvalue weighted by atomic mass is 9.90. The first kappa shape index (κ1) is 23.1. The van der Waals surface area contributed by atoms with Crippen LogP contribution in [0.4, 0.5) is 0 Å². The molecule has 2 saturated heterocycles. The van der Waals surface area contributed by atoms with Crippen molar-refractivity contribution in [3.63, 3.8) is 0 Å². The van der Waals surface area contributed by atoms with E-state index in [4.69, 9.17) is 5.73 Å². The number of likely N-dealkylation sites (tertiary alicyclic amines) is 1. The van der Waals surface area contributed by atoms with Gasteiger partial charge in [-0.05, 0) is 44.1 Å². The summed E-state index contributed by atoms with van der Waals surface area (Å²) in [7, 11) is -3.42. The van der Waals surface area contributed by atoms with Crippen molar-refractivity contribution in [2.75, 3.05) is 26.2 Å². The molecule has 8 heteroatoms. The molecule has 1 amide bonds. The minimum atomic E-state index is -3.42. The van der Waals surface area contributed by atoms with Gasteiger partial charge < -0.3 is 10.6 Å². The van der Waals surface area contributed by atoms with Crippen LogP contribution in [-0.4, -0.2) is 55.8 Å². The number of piperidine rings is 2. The fraction of sp³-hybridized carbons (Fsp3) is 0.650. The SMILES string of the molecule is CC(N)C1CCCN(C(=O)C2CCCN(S(=O)(=O)Cc3ccccc3)C2)C1.Cl. The molecule has 0 aliphatic carbocycles. The number of sulfonamides is 1. The molecular weight excluding hydrogens is 398 g/mol. The van der Waals surface area contributed by atoms with E-state index in [0.29, 0.717) is 25.6 Å². The predicted molar refractivity (Wildman–Crippen MR) is 114 cm³/mol. The van der Waals surface area contributed by atoms with Crippen molar-refractivity contribution in [3.8, 4) is 0 Å². The lowest BCUT2D eigenvalue weighted by molar-refractivity contribution is -0.138. The fourth-order valence-electron chi connectivity index (χ4n) is 4.17. The third-order valence-corrected chi connectivity index (χ3v) is 7.65. The molecule has 158 valence electrons. The Hall–Kier alpha value is -1.15. The Morgan fingerprint density at radius 3 is 2.50 bits per heavy atom. The average molecular weight is 430 g/mol. The Labute approximate surface area is 174 Å². The molecule has 3 unspecified atom stereocenters. The second kappa shape index (κ2) is 10.1. The first-order chi connectivity index (χ1) is 12.9. The van der Waals surface area contributed by atoms with E-state index < -0.39 is 10.0 Å². The van der Waals surface area contributed by atoms with E-state index >= 15 is 0 Å². The number of nitrogens with two attached hydrogens (primary N) is 1. The summed E-state index contributed by atoms with van der Waals surface area (Å²) < 4.78 is 27.2. The summed E-state index contributed by atoms with van der Waals surface area (Å²) in [5.41, 5.74) is 6.81. The summed E-state index contributed by atoms with van der Waals surface area (Å²) in [5.74, 6) is 0.186. The second-order valence-corrected chi connectivity index (χ2v) is 9.95. The van der Waals surface area contributed by atoms with Crippen molar-refractivity contribution >= 4 is 28.3 Å². The fourth-order valence-corrected chi connectivity index (χ4v) is 5.78. The molecular formula is C20H32ClN3O3S. The maximum atomic E-state index is 13.0. The molecule has 2 N–H and O–H groups in total. The number of nitrogens with zero attached hydrogens (tertiary/aromatic N) is 2. The molecule has 0 bridgehead atoms. The highest BCUT2D eigenvalue weighted by Crippen LogP contribution is 2.26. The Bertz CT molecular complexity index is 742. The third-order valence-electron chi connectivity index (χ3n) is 5.83. The smallest absolute Gasteiger partial charge is 0.227 e. The van der Waals surface area contributed by atoms with Crippen molar-refractivity contribution < 1.29 is 13.2 Å². The molecule has 0 aromatic heterocycles. The van der Waals surface area contributed by atoms with Gasteiger partial charge in [-0.25, -0.2) is 12.7 Å². The highest BCUT2D eigenvalue weighted by atomic mass is 35.5. The monoisotopic (exact) mass is 429 g/mol. The zero-order valence-electron chi connectivity index (χ0n) is 16.5. The summed E-state index contributed by atoms with van der Waals surface area (Å²) in [4.78, 5) is 14.9. The molecule has 2 heterocycles. The van der Waals surface area contributed by atoms with Gasteiger partial charge in [0.25, 0.3) is 0 Å². The van der Waals surface area contributed by atoms with Gasteiger partial charge in [-0.2, -0.15) is 0 Å². The summed E-state index contributed by atoms with van der Waals surface area (Å²) >= 11 is 0. The van der Waals surface area contributed by atoms with E-state index in [2.05, 4.69) is 0 Å². The molecule has 1 aromatic rings. The number of rotatable bonds is 5. The van der Waals surface area contributed by atoms with Crippen molar-refractivity contribution in [1.82, 2.24) is 9.21 Å². The van der Waals surface area contributed by atoms with Crippen LogP contribution < -0.4 is 5.73 Å². The van der Waals surface area contributed by atoms with Gasteiger partial charge in [0.2, 0.25) is 15.9 Å². The van der Waals surface area contributed by atoms with Crippen LogP contribution in [0, 0.1) is 11.8 Å². The highest BCUT2D eigenvalue weighted by Gasteiger charge is 2.36. The number of amides is 1. The molecule has 6 nitrogen and oxygen atoms in total. The van der Waals surface area contributed by atoms with Crippen LogP contribution in [0.3, 0.4) is 0 Å². The Balaban J connectivity index is 0.00000280. The lowest BCUT2D eigenvalue weighted by Crippen LogP contribution is -2.51. The zero-order chi connectivity index (χ0) is 19.4. The minimum Gasteiger partial charge on any atom is -0.342 e. The van der Waals surface area contributed by atoms with Gasteiger partial charge in [-0.1, -0.05) is 30.3 Å². The minimum absolute atomic E-state index is 0. The van der Waals surface area contributed by atoms with Gasteiger partial charge in [-0.15, -0.1) is 12.4 Å². The topological polar surface area (TPSA) is 83.7 Å². The van der Waals surface area contributed by atoms with Crippen LogP contribution in [0.1, 0.15) is 38.2 Å². The Morgan fingerprint density at radius 1 is 1.14 bits per heavy atom. The summed E-state index contributed by atoms with van der Waals surface area (Å²) in [6, 6.07) is 9.30. The summed E-state index contributed by atoms with van der Waals surface area (Å²) in [6.07, 6.45) is 3.52. The van der Waals surface area contributed by atoms with Gasteiger partial charge in [0, 0.05) is 32.2 Å². The molecule has 1 aromatic carbocycles. The number of carbonyl (C=O) groups is 1. The van der Waals surface area contributed by atoms with E-state index in [1.807, 2.05) is 42.2 Å². The molecule has 28 heavy (non-hydrogen) atoms. The van der Waals surface area contributed by atoms with E-state index in [0.717, 1.165) is 37.8 Å². The number of halogens is 1. The van der Waals surface area contributed by atoms with Crippen LogP contribution in [0.25, 0.3) is 0 Å². The quantitative estimate of drug-likeness (QED) is 0.777. The number of carbonyl (C=O) groups excluding carboxylic acids is 1. The van der Waals surface area contributed by atoms with Crippen molar-refractivity contribution in [2.45, 2.75) is 44.4 Å². The molecule has 2 aliphatic heterocycles. The Kier molecular flexibility index (Phi) is 8.30. The van der Waals surface area contributed by atoms with Crippen LogP contribution in [0.2, 0.25) is 0 Å². The van der Waals surface area contributed by atoms with Crippen LogP contribution in [0.15, 0.2) is 30.3 Å². The Morgan fingerprint density at radius 2 is 1.82 bits per heavy atom. The van der Waals surface area contributed by atoms with Gasteiger partial charge in [0.1, 0.15) is 0 Å². The van der Waals surface area contributed by atoms with Crippen molar-refractivity contribution in [2.24, 2.45) is 17.6 Å².